The molecule has 102 valence electrons. The first-order chi connectivity index (χ1) is 8.83. The highest BCUT2D eigenvalue weighted by Crippen LogP contribution is 2.31. The van der Waals surface area contributed by atoms with E-state index < -0.39 is 0 Å². The molecule has 0 bridgehead atoms. The van der Waals surface area contributed by atoms with E-state index in [-0.39, 0.29) is 0 Å². The minimum absolute atomic E-state index is 0.761. The quantitative estimate of drug-likeness (QED) is 0.840. The molecule has 2 rings (SSSR count). The number of nitrogens with one attached hydrogen (secondary N) is 1. The van der Waals surface area contributed by atoms with E-state index >= 15 is 0 Å². The summed E-state index contributed by atoms with van der Waals surface area (Å²) in [6, 6.07) is 0. The minimum Gasteiger partial charge on any atom is -0.310 e. The molecule has 0 atom stereocenters. The molecule has 1 saturated carbocycles. The molecule has 5 nitrogen and oxygen atoms in total. The van der Waals surface area contributed by atoms with Crippen molar-refractivity contribution < 1.29 is 0 Å². The zero-order valence-corrected chi connectivity index (χ0v) is 11.6. The summed E-state index contributed by atoms with van der Waals surface area (Å²) in [5.41, 5.74) is 0. The molecular formula is C13H25N5. The SMILES string of the molecule is CCNCc1nnnn1CC1CCC(CC)CC1. The van der Waals surface area contributed by atoms with Crippen molar-refractivity contribution in [3.63, 3.8) is 0 Å². The molecule has 0 aromatic carbocycles. The van der Waals surface area contributed by atoms with Crippen molar-refractivity contribution in [2.75, 3.05) is 6.54 Å². The van der Waals surface area contributed by atoms with Gasteiger partial charge in [0.15, 0.2) is 5.82 Å². The third-order valence-corrected chi connectivity index (χ3v) is 4.11. The number of nitrogens with zero attached hydrogens (tertiary/aromatic N) is 4. The fourth-order valence-electron chi connectivity index (χ4n) is 2.80. The van der Waals surface area contributed by atoms with Crippen LogP contribution in [0.5, 0.6) is 0 Å². The molecule has 1 aliphatic rings. The van der Waals surface area contributed by atoms with Crippen LogP contribution < -0.4 is 5.32 Å². The highest BCUT2D eigenvalue weighted by atomic mass is 15.5. The molecule has 5 heteroatoms. The van der Waals surface area contributed by atoms with Crippen LogP contribution in [0.3, 0.4) is 0 Å². The summed E-state index contributed by atoms with van der Waals surface area (Å²) in [7, 11) is 0. The molecule has 0 aliphatic heterocycles. The van der Waals surface area contributed by atoms with Crippen molar-refractivity contribution in [2.45, 2.75) is 59.0 Å². The minimum atomic E-state index is 0.761. The van der Waals surface area contributed by atoms with Crippen molar-refractivity contribution >= 4 is 0 Å². The van der Waals surface area contributed by atoms with Crippen molar-refractivity contribution in [3.05, 3.63) is 5.82 Å². The average molecular weight is 251 g/mol. The van der Waals surface area contributed by atoms with Gasteiger partial charge in [-0.15, -0.1) is 5.10 Å². The molecule has 18 heavy (non-hydrogen) atoms. The smallest absolute Gasteiger partial charge is 0.165 e. The van der Waals surface area contributed by atoms with E-state index in [2.05, 4.69) is 34.7 Å². The van der Waals surface area contributed by atoms with Crippen LogP contribution in [-0.4, -0.2) is 26.8 Å². The fourth-order valence-corrected chi connectivity index (χ4v) is 2.80. The van der Waals surface area contributed by atoms with Gasteiger partial charge in [0.25, 0.3) is 0 Å². The largest absolute Gasteiger partial charge is 0.310 e. The maximum absolute atomic E-state index is 4.12. The predicted molar refractivity (Wildman–Crippen MR) is 70.9 cm³/mol. The zero-order chi connectivity index (χ0) is 12.8. The maximum Gasteiger partial charge on any atom is 0.165 e. The molecule has 1 aromatic rings. The third-order valence-electron chi connectivity index (χ3n) is 4.11. The Hall–Kier alpha value is -0.970. The standard InChI is InChI=1S/C13H25N5/c1-3-11-5-7-12(8-6-11)10-18-13(9-14-4-2)15-16-17-18/h11-12,14H,3-10H2,1-2H3. The molecule has 1 aliphatic carbocycles. The van der Waals surface area contributed by atoms with E-state index in [9.17, 15) is 0 Å². The van der Waals surface area contributed by atoms with E-state index in [1.54, 1.807) is 0 Å². The molecule has 1 heterocycles. The van der Waals surface area contributed by atoms with Crippen LogP contribution in [0.2, 0.25) is 0 Å². The molecule has 0 saturated heterocycles. The lowest BCUT2D eigenvalue weighted by molar-refractivity contribution is 0.238. The summed E-state index contributed by atoms with van der Waals surface area (Å²) in [6.07, 6.45) is 6.76. The molecule has 1 aromatic heterocycles. The van der Waals surface area contributed by atoms with Gasteiger partial charge in [-0.05, 0) is 41.6 Å². The van der Waals surface area contributed by atoms with Gasteiger partial charge < -0.3 is 5.32 Å². The van der Waals surface area contributed by atoms with Gasteiger partial charge in [-0.1, -0.05) is 33.1 Å². The zero-order valence-electron chi connectivity index (χ0n) is 11.6. The molecular weight excluding hydrogens is 226 g/mol. The Kier molecular flexibility index (Phi) is 5.11. The number of tetrazole rings is 1. The van der Waals surface area contributed by atoms with Gasteiger partial charge in [-0.25, -0.2) is 4.68 Å². The van der Waals surface area contributed by atoms with Crippen molar-refractivity contribution in [1.29, 1.82) is 0 Å². The fraction of sp³-hybridized carbons (Fsp3) is 0.923. The Morgan fingerprint density at radius 1 is 1.17 bits per heavy atom. The number of hydrogen-bond donors (Lipinski definition) is 1. The third kappa shape index (κ3) is 3.51. The first-order valence-corrected chi connectivity index (χ1v) is 7.29. The second-order valence-corrected chi connectivity index (χ2v) is 5.35. The number of aromatic nitrogens is 4. The first kappa shape index (κ1) is 13.5. The summed E-state index contributed by atoms with van der Waals surface area (Å²) in [6.45, 7) is 7.12. The van der Waals surface area contributed by atoms with E-state index in [1.807, 2.05) is 4.68 Å². The van der Waals surface area contributed by atoms with Crippen LogP contribution in [-0.2, 0) is 13.1 Å². The molecule has 0 amide bonds. The van der Waals surface area contributed by atoms with Crippen LogP contribution in [0.15, 0.2) is 0 Å². The van der Waals surface area contributed by atoms with Gasteiger partial charge in [0.1, 0.15) is 0 Å². The Balaban J connectivity index is 1.84. The molecule has 0 spiro atoms. The van der Waals surface area contributed by atoms with Crippen molar-refractivity contribution in [2.24, 2.45) is 11.8 Å². The first-order valence-electron chi connectivity index (χ1n) is 7.29. The summed E-state index contributed by atoms with van der Waals surface area (Å²) in [5.74, 6) is 2.68. The van der Waals surface area contributed by atoms with Gasteiger partial charge in [0, 0.05) is 6.54 Å². The topological polar surface area (TPSA) is 55.6 Å². The van der Waals surface area contributed by atoms with E-state index in [1.165, 1.54) is 32.1 Å². The lowest BCUT2D eigenvalue weighted by Gasteiger charge is -2.27. The van der Waals surface area contributed by atoms with Crippen molar-refractivity contribution in [1.82, 2.24) is 25.5 Å². The second-order valence-electron chi connectivity index (χ2n) is 5.35. The van der Waals surface area contributed by atoms with Crippen LogP contribution >= 0.6 is 0 Å². The highest BCUT2D eigenvalue weighted by molar-refractivity contribution is 4.81. The molecule has 0 radical (unpaired) electrons. The van der Waals surface area contributed by atoms with Gasteiger partial charge in [0.2, 0.25) is 0 Å². The van der Waals surface area contributed by atoms with Gasteiger partial charge in [-0.3, -0.25) is 0 Å². The van der Waals surface area contributed by atoms with E-state index in [4.69, 9.17) is 0 Å². The lowest BCUT2D eigenvalue weighted by Crippen LogP contribution is -2.22. The van der Waals surface area contributed by atoms with Crippen molar-refractivity contribution in [3.8, 4) is 0 Å². The maximum atomic E-state index is 4.12. The highest BCUT2D eigenvalue weighted by Gasteiger charge is 2.21. The molecule has 1 fully saturated rings. The Labute approximate surface area is 109 Å². The summed E-state index contributed by atoms with van der Waals surface area (Å²) >= 11 is 0. The van der Waals surface area contributed by atoms with Gasteiger partial charge >= 0.3 is 0 Å². The van der Waals surface area contributed by atoms with E-state index in [0.717, 1.165) is 37.3 Å². The summed E-state index contributed by atoms with van der Waals surface area (Å²) in [5, 5.41) is 15.3. The van der Waals surface area contributed by atoms with Crippen LogP contribution in [0.1, 0.15) is 51.8 Å². The Bertz CT molecular complexity index is 341. The summed E-state index contributed by atoms with van der Waals surface area (Å²) in [4.78, 5) is 0. The predicted octanol–water partition coefficient (Wildman–Crippen LogP) is 2.00. The Morgan fingerprint density at radius 3 is 2.56 bits per heavy atom. The average Bonchev–Trinajstić information content (AvgIpc) is 2.84. The Morgan fingerprint density at radius 2 is 1.89 bits per heavy atom. The van der Waals surface area contributed by atoms with Crippen LogP contribution in [0, 0.1) is 11.8 Å². The lowest BCUT2D eigenvalue weighted by atomic mass is 9.81. The number of rotatable bonds is 6. The van der Waals surface area contributed by atoms with Crippen LogP contribution in [0.4, 0.5) is 0 Å². The monoisotopic (exact) mass is 251 g/mol. The van der Waals surface area contributed by atoms with E-state index in [0.29, 0.717) is 0 Å². The number of hydrogen-bond acceptors (Lipinski definition) is 4. The van der Waals surface area contributed by atoms with Gasteiger partial charge in [-0.2, -0.15) is 0 Å². The molecule has 0 unspecified atom stereocenters. The van der Waals surface area contributed by atoms with Crippen LogP contribution in [0.25, 0.3) is 0 Å². The normalized spacial score (nSPS) is 24.3. The second kappa shape index (κ2) is 6.83. The summed E-state index contributed by atoms with van der Waals surface area (Å²) < 4.78 is 1.99. The molecule has 1 N–H and O–H groups in total. The van der Waals surface area contributed by atoms with Gasteiger partial charge in [0.05, 0.1) is 6.54 Å².